The molecule has 0 aliphatic carbocycles. The van der Waals surface area contributed by atoms with Gasteiger partial charge < -0.3 is 15.8 Å². The van der Waals surface area contributed by atoms with Gasteiger partial charge in [0.2, 0.25) is 0 Å². The Morgan fingerprint density at radius 2 is 1.86 bits per heavy atom. The van der Waals surface area contributed by atoms with Gasteiger partial charge >= 0.3 is 0 Å². The molecule has 0 saturated heterocycles. The summed E-state index contributed by atoms with van der Waals surface area (Å²) in [7, 11) is 1.63. The van der Waals surface area contributed by atoms with E-state index in [0.717, 1.165) is 10.8 Å². The van der Waals surface area contributed by atoms with E-state index >= 15 is 0 Å². The van der Waals surface area contributed by atoms with Crippen LogP contribution in [0, 0.1) is 5.92 Å². The summed E-state index contributed by atoms with van der Waals surface area (Å²) >= 11 is 0. The highest BCUT2D eigenvalue weighted by Crippen LogP contribution is 2.22. The maximum Gasteiger partial charge on any atom is 0.253 e. The molecule has 0 fully saturated rings. The average molecular weight is 286 g/mol. The van der Waals surface area contributed by atoms with Gasteiger partial charge in [-0.25, -0.2) is 0 Å². The van der Waals surface area contributed by atoms with Gasteiger partial charge in [0.05, 0.1) is 18.2 Å². The summed E-state index contributed by atoms with van der Waals surface area (Å²) in [4.78, 5) is 12.5. The fourth-order valence-corrected chi connectivity index (χ4v) is 2.28. The van der Waals surface area contributed by atoms with Crippen LogP contribution < -0.4 is 11.1 Å². The molecule has 0 spiro atoms. The molecule has 3 N–H and O–H groups in total. The van der Waals surface area contributed by atoms with Crippen LogP contribution in [0.4, 0.5) is 5.69 Å². The maximum absolute atomic E-state index is 12.5. The van der Waals surface area contributed by atoms with Gasteiger partial charge in [-0.2, -0.15) is 0 Å². The van der Waals surface area contributed by atoms with Crippen molar-refractivity contribution >= 4 is 22.4 Å². The monoisotopic (exact) mass is 286 g/mol. The molecule has 0 aromatic heterocycles. The second kappa shape index (κ2) is 6.59. The molecular formula is C17H22N2O2. The van der Waals surface area contributed by atoms with E-state index in [9.17, 15) is 4.79 Å². The predicted octanol–water partition coefficient (Wildman–Crippen LogP) is 2.82. The average Bonchev–Trinajstić information content (AvgIpc) is 2.45. The molecule has 4 heteroatoms. The molecule has 2 aromatic carbocycles. The first-order valence-electron chi connectivity index (χ1n) is 7.11. The van der Waals surface area contributed by atoms with Crippen LogP contribution in [0.2, 0.25) is 0 Å². The van der Waals surface area contributed by atoms with E-state index in [1.165, 1.54) is 0 Å². The fraction of sp³-hybridized carbons (Fsp3) is 0.353. The van der Waals surface area contributed by atoms with Crippen LogP contribution in [0.3, 0.4) is 0 Å². The molecule has 0 aliphatic heterocycles. The smallest absolute Gasteiger partial charge is 0.253 e. The second-order valence-corrected chi connectivity index (χ2v) is 5.57. The maximum atomic E-state index is 12.5. The van der Waals surface area contributed by atoms with Gasteiger partial charge in [0.15, 0.2) is 0 Å². The molecule has 1 amide bonds. The number of nitrogens with two attached hydrogens (primary N) is 1. The molecule has 0 aliphatic rings. The van der Waals surface area contributed by atoms with Crippen molar-refractivity contribution in [3.63, 3.8) is 0 Å². The number of nitrogens with one attached hydrogen (secondary N) is 1. The lowest BCUT2D eigenvalue weighted by atomic mass is 10.0. The zero-order valence-electron chi connectivity index (χ0n) is 12.7. The fourth-order valence-electron chi connectivity index (χ4n) is 2.28. The highest BCUT2D eigenvalue weighted by atomic mass is 16.5. The van der Waals surface area contributed by atoms with E-state index in [2.05, 4.69) is 5.32 Å². The zero-order valence-corrected chi connectivity index (χ0v) is 12.7. The molecule has 0 bridgehead atoms. The first-order valence-corrected chi connectivity index (χ1v) is 7.11. The summed E-state index contributed by atoms with van der Waals surface area (Å²) in [5.41, 5.74) is 7.02. The number of fused-ring (bicyclic) bond motifs is 1. The molecule has 2 rings (SSSR count). The zero-order chi connectivity index (χ0) is 15.4. The summed E-state index contributed by atoms with van der Waals surface area (Å²) in [6.45, 7) is 4.58. The number of hydrogen-bond donors (Lipinski definition) is 2. The van der Waals surface area contributed by atoms with E-state index in [1.807, 2.05) is 50.2 Å². The molecular weight excluding hydrogens is 264 g/mol. The largest absolute Gasteiger partial charge is 0.398 e. The van der Waals surface area contributed by atoms with Crippen molar-refractivity contribution in [3.8, 4) is 0 Å². The Labute approximate surface area is 125 Å². The van der Waals surface area contributed by atoms with Gasteiger partial charge in [0, 0.05) is 12.8 Å². The van der Waals surface area contributed by atoms with Gasteiger partial charge in [0.25, 0.3) is 5.91 Å². The lowest BCUT2D eigenvalue weighted by molar-refractivity contribution is 0.0867. The minimum Gasteiger partial charge on any atom is -0.398 e. The van der Waals surface area contributed by atoms with Crippen molar-refractivity contribution in [2.75, 3.05) is 19.5 Å². The van der Waals surface area contributed by atoms with Gasteiger partial charge in [0.1, 0.15) is 0 Å². The van der Waals surface area contributed by atoms with Gasteiger partial charge in [-0.3, -0.25) is 4.79 Å². The van der Waals surface area contributed by atoms with Gasteiger partial charge in [-0.1, -0.05) is 38.1 Å². The molecule has 4 nitrogen and oxygen atoms in total. The summed E-state index contributed by atoms with van der Waals surface area (Å²) in [6, 6.07) is 11.5. The van der Waals surface area contributed by atoms with E-state index in [1.54, 1.807) is 7.11 Å². The van der Waals surface area contributed by atoms with E-state index in [-0.39, 0.29) is 17.9 Å². The van der Waals surface area contributed by atoms with Crippen molar-refractivity contribution < 1.29 is 9.53 Å². The van der Waals surface area contributed by atoms with Crippen molar-refractivity contribution in [3.05, 3.63) is 42.0 Å². The summed E-state index contributed by atoms with van der Waals surface area (Å²) < 4.78 is 5.16. The first-order chi connectivity index (χ1) is 10.0. The van der Waals surface area contributed by atoms with Crippen LogP contribution in [0.5, 0.6) is 0 Å². The predicted molar refractivity (Wildman–Crippen MR) is 86.3 cm³/mol. The molecule has 0 heterocycles. The molecule has 2 aromatic rings. The lowest BCUT2D eigenvalue weighted by Crippen LogP contribution is -2.41. The van der Waals surface area contributed by atoms with Crippen molar-refractivity contribution in [1.29, 1.82) is 0 Å². The number of hydrogen-bond acceptors (Lipinski definition) is 3. The minimum absolute atomic E-state index is 0.0339. The molecule has 0 saturated carbocycles. The Balaban J connectivity index is 2.28. The van der Waals surface area contributed by atoms with Crippen molar-refractivity contribution in [1.82, 2.24) is 5.32 Å². The molecule has 21 heavy (non-hydrogen) atoms. The first kappa shape index (κ1) is 15.3. The number of anilines is 1. The van der Waals surface area contributed by atoms with Gasteiger partial charge in [-0.05, 0) is 28.8 Å². The molecule has 0 radical (unpaired) electrons. The Bertz CT molecular complexity index is 638. The van der Waals surface area contributed by atoms with Crippen LogP contribution in [0.1, 0.15) is 24.2 Å². The van der Waals surface area contributed by atoms with Crippen LogP contribution in [-0.4, -0.2) is 25.7 Å². The topological polar surface area (TPSA) is 64.3 Å². The third-order valence-corrected chi connectivity index (χ3v) is 3.63. The van der Waals surface area contributed by atoms with Crippen LogP contribution in [-0.2, 0) is 4.74 Å². The summed E-state index contributed by atoms with van der Waals surface area (Å²) in [5.74, 6) is 0.129. The number of nitrogen functional groups attached to an aromatic ring is 1. The standard InChI is InChI=1S/C17H22N2O2/c1-11(2)16(10-21-3)19-17(20)14-8-12-6-4-5-7-13(12)9-15(14)18/h4-9,11,16H,10,18H2,1-3H3,(H,19,20). The molecule has 112 valence electrons. The molecule has 1 atom stereocenters. The van der Waals surface area contributed by atoms with E-state index in [4.69, 9.17) is 10.5 Å². The van der Waals surface area contributed by atoms with Gasteiger partial charge in [-0.15, -0.1) is 0 Å². The highest BCUT2D eigenvalue weighted by molar-refractivity contribution is 6.04. The Morgan fingerprint density at radius 1 is 1.24 bits per heavy atom. The Morgan fingerprint density at radius 3 is 2.43 bits per heavy atom. The third-order valence-electron chi connectivity index (χ3n) is 3.63. The number of amides is 1. The number of benzene rings is 2. The lowest BCUT2D eigenvalue weighted by Gasteiger charge is -2.22. The number of carbonyl (C=O) groups is 1. The van der Waals surface area contributed by atoms with Crippen molar-refractivity contribution in [2.45, 2.75) is 19.9 Å². The third kappa shape index (κ3) is 3.52. The van der Waals surface area contributed by atoms with Crippen LogP contribution in [0.25, 0.3) is 10.8 Å². The second-order valence-electron chi connectivity index (χ2n) is 5.57. The number of carbonyl (C=O) groups excluding carboxylic acids is 1. The number of methoxy groups -OCH3 is 1. The number of rotatable bonds is 5. The summed E-state index contributed by atoms with van der Waals surface area (Å²) in [6.07, 6.45) is 0. The Kier molecular flexibility index (Phi) is 4.81. The van der Waals surface area contributed by atoms with Crippen LogP contribution in [0.15, 0.2) is 36.4 Å². The van der Waals surface area contributed by atoms with Crippen LogP contribution >= 0.6 is 0 Å². The van der Waals surface area contributed by atoms with E-state index < -0.39 is 0 Å². The minimum atomic E-state index is -0.158. The normalized spacial score (nSPS) is 12.6. The summed E-state index contributed by atoms with van der Waals surface area (Å²) in [5, 5.41) is 5.03. The Hall–Kier alpha value is -2.07. The highest BCUT2D eigenvalue weighted by Gasteiger charge is 2.18. The molecule has 1 unspecified atom stereocenters. The number of ether oxygens (including phenoxy) is 1. The van der Waals surface area contributed by atoms with E-state index in [0.29, 0.717) is 17.9 Å². The van der Waals surface area contributed by atoms with Crippen molar-refractivity contribution in [2.24, 2.45) is 5.92 Å². The SMILES string of the molecule is COCC(NC(=O)c1cc2ccccc2cc1N)C(C)C. The quantitative estimate of drug-likeness (QED) is 0.831.